The maximum Gasteiger partial charge on any atom is 0.252 e. The molecule has 19 heavy (non-hydrogen) atoms. The molecule has 0 bridgehead atoms. The number of hydrogen-bond donors (Lipinski definition) is 1. The van der Waals surface area contributed by atoms with Gasteiger partial charge in [0.15, 0.2) is 0 Å². The van der Waals surface area contributed by atoms with Crippen LogP contribution in [0, 0.1) is 0 Å². The molecule has 0 aliphatic rings. The number of sulfonamides is 1. The second-order valence-corrected chi connectivity index (χ2v) is 6.22. The normalized spacial score (nSPS) is 12.4. The van der Waals surface area contributed by atoms with Crippen molar-refractivity contribution in [2.75, 3.05) is 19.7 Å². The molecule has 0 atom stereocenters. The number of hydrogen-bond acceptors (Lipinski definition) is 3. The molecule has 0 saturated heterocycles. The smallest absolute Gasteiger partial charge is 0.252 e. The highest BCUT2D eigenvalue weighted by Crippen LogP contribution is 2.31. The summed E-state index contributed by atoms with van der Waals surface area (Å²) in [7, 11) is -4.23. The highest BCUT2D eigenvalue weighted by Gasteiger charge is 2.29. The highest BCUT2D eigenvalue weighted by atomic mass is 35.5. The third-order valence-corrected chi connectivity index (χ3v) is 5.06. The third kappa shape index (κ3) is 4.00. The first-order valence-corrected chi connectivity index (χ1v) is 7.33. The molecule has 108 valence electrons. The van der Waals surface area contributed by atoms with E-state index >= 15 is 0 Å². The van der Waals surface area contributed by atoms with Gasteiger partial charge < -0.3 is 5.11 Å². The van der Waals surface area contributed by atoms with Gasteiger partial charge in [0.2, 0.25) is 10.0 Å². The van der Waals surface area contributed by atoms with Crippen LogP contribution in [0.5, 0.6) is 0 Å². The van der Waals surface area contributed by atoms with Crippen LogP contribution in [0.15, 0.2) is 23.1 Å². The van der Waals surface area contributed by atoms with Gasteiger partial charge in [-0.15, -0.1) is 0 Å². The SMILES string of the molecule is O=S(=O)(c1cccc(Cl)c1Cl)N(CCO)CC(F)F. The highest BCUT2D eigenvalue weighted by molar-refractivity contribution is 7.89. The first-order valence-electron chi connectivity index (χ1n) is 5.14. The molecule has 0 heterocycles. The molecular formula is C10H11Cl2F2NO3S. The van der Waals surface area contributed by atoms with Crippen molar-refractivity contribution in [2.45, 2.75) is 11.3 Å². The number of halogens is 4. The fourth-order valence-corrected chi connectivity index (χ4v) is 3.54. The molecule has 1 aromatic carbocycles. The maximum atomic E-state index is 12.4. The topological polar surface area (TPSA) is 57.6 Å². The molecule has 4 nitrogen and oxygen atoms in total. The Morgan fingerprint density at radius 2 is 1.95 bits per heavy atom. The molecule has 0 aliphatic carbocycles. The molecule has 0 radical (unpaired) electrons. The Kier molecular flexibility index (Phi) is 5.94. The van der Waals surface area contributed by atoms with E-state index in [0.29, 0.717) is 4.31 Å². The summed E-state index contributed by atoms with van der Waals surface area (Å²) in [6.07, 6.45) is -2.86. The van der Waals surface area contributed by atoms with Crippen LogP contribution in [0.4, 0.5) is 8.78 Å². The Bertz CT molecular complexity index is 540. The van der Waals surface area contributed by atoms with Gasteiger partial charge in [0.25, 0.3) is 6.43 Å². The van der Waals surface area contributed by atoms with Crippen LogP contribution in [0.2, 0.25) is 10.0 Å². The number of alkyl halides is 2. The Labute approximate surface area is 119 Å². The van der Waals surface area contributed by atoms with Crippen molar-refractivity contribution in [3.63, 3.8) is 0 Å². The van der Waals surface area contributed by atoms with Crippen molar-refractivity contribution in [1.82, 2.24) is 4.31 Å². The number of rotatable bonds is 6. The Hall–Kier alpha value is -0.470. The van der Waals surface area contributed by atoms with E-state index in [4.69, 9.17) is 28.3 Å². The number of aliphatic hydroxyl groups excluding tert-OH is 1. The van der Waals surface area contributed by atoms with E-state index in [1.807, 2.05) is 0 Å². The molecule has 0 saturated carbocycles. The van der Waals surface area contributed by atoms with E-state index in [2.05, 4.69) is 0 Å². The largest absolute Gasteiger partial charge is 0.395 e. The molecule has 1 N–H and O–H groups in total. The van der Waals surface area contributed by atoms with Crippen LogP contribution in [-0.2, 0) is 10.0 Å². The van der Waals surface area contributed by atoms with Crippen LogP contribution >= 0.6 is 23.2 Å². The molecule has 1 aromatic rings. The van der Waals surface area contributed by atoms with Crippen molar-refractivity contribution in [3.8, 4) is 0 Å². The van der Waals surface area contributed by atoms with E-state index in [0.717, 1.165) is 0 Å². The zero-order chi connectivity index (χ0) is 14.6. The van der Waals surface area contributed by atoms with Gasteiger partial charge in [0.1, 0.15) is 4.90 Å². The van der Waals surface area contributed by atoms with Crippen LogP contribution in [0.3, 0.4) is 0 Å². The first kappa shape index (κ1) is 16.6. The second kappa shape index (κ2) is 6.81. The van der Waals surface area contributed by atoms with Gasteiger partial charge in [-0.05, 0) is 12.1 Å². The summed E-state index contributed by atoms with van der Waals surface area (Å²) in [5.74, 6) is 0. The number of aliphatic hydroxyl groups is 1. The van der Waals surface area contributed by atoms with Crippen molar-refractivity contribution in [3.05, 3.63) is 28.2 Å². The molecule has 0 spiro atoms. The van der Waals surface area contributed by atoms with Crippen molar-refractivity contribution in [1.29, 1.82) is 0 Å². The summed E-state index contributed by atoms with van der Waals surface area (Å²) in [5.41, 5.74) is 0. The summed E-state index contributed by atoms with van der Waals surface area (Å²) < 4.78 is 49.6. The zero-order valence-corrected chi connectivity index (χ0v) is 11.9. The minimum Gasteiger partial charge on any atom is -0.395 e. The molecule has 9 heteroatoms. The van der Waals surface area contributed by atoms with Gasteiger partial charge in [-0.2, -0.15) is 4.31 Å². The lowest BCUT2D eigenvalue weighted by Crippen LogP contribution is -2.37. The third-order valence-electron chi connectivity index (χ3n) is 2.23. The monoisotopic (exact) mass is 333 g/mol. The predicted octanol–water partition coefficient (Wildman–Crippen LogP) is 2.24. The van der Waals surface area contributed by atoms with Crippen molar-refractivity contribution < 1.29 is 22.3 Å². The Morgan fingerprint density at radius 3 is 2.47 bits per heavy atom. The first-order chi connectivity index (χ1) is 8.80. The standard InChI is InChI=1S/C10H11Cl2F2NO3S/c11-7-2-1-3-8(10(7)12)19(17,18)15(4-5-16)6-9(13)14/h1-3,9,16H,4-6H2. The van der Waals surface area contributed by atoms with E-state index < -0.39 is 36.1 Å². The summed E-state index contributed by atoms with van der Waals surface area (Å²) in [6.45, 7) is -2.05. The van der Waals surface area contributed by atoms with E-state index in [9.17, 15) is 17.2 Å². The molecule has 0 fully saturated rings. The molecule has 0 unspecified atom stereocenters. The van der Waals surface area contributed by atoms with Gasteiger partial charge in [-0.25, -0.2) is 17.2 Å². The fraction of sp³-hybridized carbons (Fsp3) is 0.400. The fourth-order valence-electron chi connectivity index (χ4n) is 1.40. The van der Waals surface area contributed by atoms with Gasteiger partial charge in [0.05, 0.1) is 23.2 Å². The van der Waals surface area contributed by atoms with Gasteiger partial charge in [0, 0.05) is 6.54 Å². The molecule has 1 rings (SSSR count). The van der Waals surface area contributed by atoms with Gasteiger partial charge in [-0.3, -0.25) is 0 Å². The van der Waals surface area contributed by atoms with Crippen molar-refractivity contribution in [2.24, 2.45) is 0 Å². The zero-order valence-electron chi connectivity index (χ0n) is 9.56. The Balaban J connectivity index is 3.22. The van der Waals surface area contributed by atoms with Gasteiger partial charge in [-0.1, -0.05) is 29.3 Å². The predicted molar refractivity (Wildman–Crippen MR) is 68.3 cm³/mol. The number of benzene rings is 1. The molecule has 0 aromatic heterocycles. The number of nitrogens with zero attached hydrogens (tertiary/aromatic N) is 1. The summed E-state index contributed by atoms with van der Waals surface area (Å²) in [4.78, 5) is -0.365. The van der Waals surface area contributed by atoms with E-state index in [1.54, 1.807) is 0 Å². The van der Waals surface area contributed by atoms with Crippen molar-refractivity contribution >= 4 is 33.2 Å². The summed E-state index contributed by atoms with van der Waals surface area (Å²) in [5, 5.41) is 8.54. The van der Waals surface area contributed by atoms with Crippen LogP contribution < -0.4 is 0 Å². The van der Waals surface area contributed by atoms with E-state index in [1.165, 1.54) is 18.2 Å². The minimum absolute atomic E-state index is 0.00346. The molecular weight excluding hydrogens is 323 g/mol. The lowest BCUT2D eigenvalue weighted by atomic mass is 10.4. The Morgan fingerprint density at radius 1 is 1.32 bits per heavy atom. The lowest BCUT2D eigenvalue weighted by molar-refractivity contribution is 0.113. The lowest BCUT2D eigenvalue weighted by Gasteiger charge is -2.21. The van der Waals surface area contributed by atoms with E-state index in [-0.39, 0.29) is 14.9 Å². The van der Waals surface area contributed by atoms with Crippen LogP contribution in [0.25, 0.3) is 0 Å². The maximum absolute atomic E-state index is 12.4. The summed E-state index contributed by atoms with van der Waals surface area (Å²) in [6, 6.07) is 3.90. The summed E-state index contributed by atoms with van der Waals surface area (Å²) >= 11 is 11.5. The average molecular weight is 334 g/mol. The average Bonchev–Trinajstić information content (AvgIpc) is 2.31. The quantitative estimate of drug-likeness (QED) is 0.868. The second-order valence-electron chi connectivity index (χ2n) is 3.53. The van der Waals surface area contributed by atoms with Crippen LogP contribution in [-0.4, -0.2) is 44.0 Å². The van der Waals surface area contributed by atoms with Gasteiger partial charge >= 0.3 is 0 Å². The molecule has 0 amide bonds. The molecule has 0 aliphatic heterocycles. The minimum atomic E-state index is -4.23. The van der Waals surface area contributed by atoms with Crippen LogP contribution in [0.1, 0.15) is 0 Å².